The van der Waals surface area contributed by atoms with Gasteiger partial charge in [-0.3, -0.25) is 9.59 Å². The van der Waals surface area contributed by atoms with E-state index in [0.717, 1.165) is 0 Å². The number of anilines is 1. The average Bonchev–Trinajstić information content (AvgIpc) is 3.06. The maximum atomic E-state index is 12.3. The molecule has 0 aromatic heterocycles. The highest BCUT2D eigenvalue weighted by molar-refractivity contribution is 8.15. The number of thioether (sulfide) groups is 1. The van der Waals surface area contributed by atoms with E-state index in [1.165, 1.54) is 26.0 Å². The molecule has 0 spiro atoms. The molecule has 0 fully saturated rings. The summed E-state index contributed by atoms with van der Waals surface area (Å²) in [7, 11) is 3.06. The van der Waals surface area contributed by atoms with Crippen LogP contribution in [0, 0.1) is 0 Å². The van der Waals surface area contributed by atoms with Gasteiger partial charge in [0.2, 0.25) is 5.91 Å². The third kappa shape index (κ3) is 5.04. The topological polar surface area (TPSA) is 86.2 Å². The summed E-state index contributed by atoms with van der Waals surface area (Å²) in [6, 6.07) is 14.4. The van der Waals surface area contributed by atoms with Crippen molar-refractivity contribution in [2.75, 3.05) is 26.1 Å². The average molecular weight is 400 g/mol. The van der Waals surface area contributed by atoms with Crippen LogP contribution in [0.2, 0.25) is 0 Å². The molecular weight excluding hydrogens is 380 g/mol. The number of benzene rings is 2. The molecule has 1 N–H and O–H groups in total. The molecule has 1 aliphatic rings. The lowest BCUT2D eigenvalue weighted by Crippen LogP contribution is -2.21. The van der Waals surface area contributed by atoms with Crippen LogP contribution < -0.4 is 19.5 Å². The monoisotopic (exact) mass is 400 g/mol. The number of hydrogen-bond donors (Lipinski definition) is 1. The van der Waals surface area contributed by atoms with Gasteiger partial charge in [-0.2, -0.15) is 0 Å². The summed E-state index contributed by atoms with van der Waals surface area (Å²) in [6.45, 7) is 0.203. The standard InChI is InChI=1S/C20H20N2O5S/c1-25-15-9-8-13(10-16(15)26-2)21-18(23)11-17-20(24)22-19(28-17)12-27-14-6-4-3-5-7-14/h3-10,17H,11-12H2,1-2H3,(H,21,23)/t17-/m1/s1. The molecule has 0 bridgehead atoms. The van der Waals surface area contributed by atoms with Crippen molar-refractivity contribution in [1.82, 2.24) is 0 Å². The van der Waals surface area contributed by atoms with Crippen molar-refractivity contribution >= 4 is 34.3 Å². The molecule has 146 valence electrons. The lowest BCUT2D eigenvalue weighted by molar-refractivity contribution is -0.121. The van der Waals surface area contributed by atoms with Crippen LogP contribution in [-0.4, -0.2) is 42.9 Å². The van der Waals surface area contributed by atoms with Gasteiger partial charge in [-0.1, -0.05) is 30.0 Å². The third-order valence-electron chi connectivity index (χ3n) is 3.93. The number of ether oxygens (including phenoxy) is 3. The Kier molecular flexibility index (Phi) is 6.54. The molecule has 3 rings (SSSR count). The Balaban J connectivity index is 1.52. The first-order chi connectivity index (χ1) is 13.6. The van der Waals surface area contributed by atoms with Crippen LogP contribution in [-0.2, 0) is 9.59 Å². The van der Waals surface area contributed by atoms with Crippen LogP contribution in [0.25, 0.3) is 0 Å². The molecule has 2 aromatic carbocycles. The zero-order valence-electron chi connectivity index (χ0n) is 15.5. The molecule has 0 unspecified atom stereocenters. The van der Waals surface area contributed by atoms with E-state index in [2.05, 4.69) is 10.3 Å². The van der Waals surface area contributed by atoms with E-state index in [9.17, 15) is 9.59 Å². The van der Waals surface area contributed by atoms with Gasteiger partial charge in [-0.25, -0.2) is 4.99 Å². The molecule has 0 radical (unpaired) electrons. The highest BCUT2D eigenvalue weighted by atomic mass is 32.2. The molecular formula is C20H20N2O5S. The Morgan fingerprint density at radius 1 is 1.11 bits per heavy atom. The van der Waals surface area contributed by atoms with E-state index in [-0.39, 0.29) is 24.8 Å². The molecule has 1 aliphatic heterocycles. The number of carbonyl (C=O) groups is 2. The quantitative estimate of drug-likeness (QED) is 0.733. The van der Waals surface area contributed by atoms with E-state index < -0.39 is 5.25 Å². The van der Waals surface area contributed by atoms with Gasteiger partial charge < -0.3 is 19.5 Å². The second-order valence-corrected chi connectivity index (χ2v) is 7.15. The minimum Gasteiger partial charge on any atom is -0.493 e. The minimum absolute atomic E-state index is 0.0240. The molecule has 0 aliphatic carbocycles. The van der Waals surface area contributed by atoms with Crippen LogP contribution in [0.15, 0.2) is 53.5 Å². The Morgan fingerprint density at radius 2 is 1.86 bits per heavy atom. The lowest BCUT2D eigenvalue weighted by Gasteiger charge is -2.11. The van der Waals surface area contributed by atoms with Crippen LogP contribution in [0.1, 0.15) is 6.42 Å². The van der Waals surface area contributed by atoms with E-state index in [4.69, 9.17) is 14.2 Å². The third-order valence-corrected chi connectivity index (χ3v) is 5.07. The van der Waals surface area contributed by atoms with Gasteiger partial charge in [-0.15, -0.1) is 0 Å². The smallest absolute Gasteiger partial charge is 0.260 e. The Hall–Kier alpha value is -3.00. The number of nitrogens with one attached hydrogen (secondary N) is 1. The van der Waals surface area contributed by atoms with Gasteiger partial charge >= 0.3 is 0 Å². The SMILES string of the molecule is COc1ccc(NC(=O)C[C@H]2SC(COc3ccccc3)=NC2=O)cc1OC. The Morgan fingerprint density at radius 3 is 2.57 bits per heavy atom. The summed E-state index contributed by atoms with van der Waals surface area (Å²) in [5, 5.41) is 2.79. The van der Waals surface area contributed by atoms with Gasteiger partial charge in [-0.05, 0) is 24.3 Å². The number of hydrogen-bond acceptors (Lipinski definition) is 6. The molecule has 1 atom stereocenters. The number of aliphatic imine (C=N–C) groups is 1. The summed E-state index contributed by atoms with van der Waals surface area (Å²) in [5.74, 6) is 1.18. The second-order valence-electron chi connectivity index (χ2n) is 5.87. The Labute approximate surface area is 167 Å². The van der Waals surface area contributed by atoms with Gasteiger partial charge in [0.1, 0.15) is 22.7 Å². The van der Waals surface area contributed by atoms with Gasteiger partial charge in [0.05, 0.1) is 14.2 Å². The van der Waals surface area contributed by atoms with Crippen molar-refractivity contribution in [3.8, 4) is 17.2 Å². The fraction of sp³-hybridized carbons (Fsp3) is 0.250. The Bertz CT molecular complexity index is 885. The second kappa shape index (κ2) is 9.27. The first-order valence-corrected chi connectivity index (χ1v) is 9.45. The van der Waals surface area contributed by atoms with Gasteiger partial charge in [0.25, 0.3) is 5.91 Å². The zero-order valence-corrected chi connectivity index (χ0v) is 16.3. The normalized spacial score (nSPS) is 15.7. The van der Waals surface area contributed by atoms with Crippen molar-refractivity contribution in [3.05, 3.63) is 48.5 Å². The molecule has 8 heteroatoms. The van der Waals surface area contributed by atoms with Crippen LogP contribution in [0.5, 0.6) is 17.2 Å². The maximum Gasteiger partial charge on any atom is 0.260 e. The fourth-order valence-corrected chi connectivity index (χ4v) is 3.57. The van der Waals surface area contributed by atoms with Crippen LogP contribution in [0.4, 0.5) is 5.69 Å². The molecule has 0 saturated heterocycles. The molecule has 2 amide bonds. The predicted molar refractivity (Wildman–Crippen MR) is 109 cm³/mol. The molecule has 0 saturated carbocycles. The van der Waals surface area contributed by atoms with E-state index in [1.54, 1.807) is 18.2 Å². The van der Waals surface area contributed by atoms with Crippen molar-refractivity contribution in [2.24, 2.45) is 4.99 Å². The number of amides is 2. The minimum atomic E-state index is -0.547. The van der Waals surface area contributed by atoms with Crippen molar-refractivity contribution in [2.45, 2.75) is 11.7 Å². The van der Waals surface area contributed by atoms with Gasteiger partial charge in [0, 0.05) is 18.2 Å². The van der Waals surface area contributed by atoms with Crippen LogP contribution in [0.3, 0.4) is 0 Å². The predicted octanol–water partition coefficient (Wildman–Crippen LogP) is 3.15. The van der Waals surface area contributed by atoms with Crippen LogP contribution >= 0.6 is 11.8 Å². The lowest BCUT2D eigenvalue weighted by atomic mass is 10.2. The highest BCUT2D eigenvalue weighted by Crippen LogP contribution is 2.30. The molecule has 2 aromatic rings. The fourth-order valence-electron chi connectivity index (χ4n) is 2.59. The number of methoxy groups -OCH3 is 2. The first-order valence-electron chi connectivity index (χ1n) is 8.57. The largest absolute Gasteiger partial charge is 0.493 e. The number of rotatable bonds is 8. The summed E-state index contributed by atoms with van der Waals surface area (Å²) in [5.41, 5.74) is 0.562. The van der Waals surface area contributed by atoms with Gasteiger partial charge in [0.15, 0.2) is 11.5 Å². The summed E-state index contributed by atoms with van der Waals surface area (Å²) in [6.07, 6.45) is 0.0240. The number of nitrogens with zero attached hydrogens (tertiary/aromatic N) is 1. The highest BCUT2D eigenvalue weighted by Gasteiger charge is 2.30. The summed E-state index contributed by atoms with van der Waals surface area (Å²) >= 11 is 1.26. The molecule has 1 heterocycles. The number of carbonyl (C=O) groups excluding carboxylic acids is 2. The van der Waals surface area contributed by atoms with Crippen molar-refractivity contribution in [3.63, 3.8) is 0 Å². The summed E-state index contributed by atoms with van der Waals surface area (Å²) in [4.78, 5) is 28.4. The first kappa shape index (κ1) is 19.8. The van der Waals surface area contributed by atoms with Crippen molar-refractivity contribution in [1.29, 1.82) is 0 Å². The van der Waals surface area contributed by atoms with E-state index in [1.807, 2.05) is 30.3 Å². The van der Waals surface area contributed by atoms with E-state index in [0.29, 0.717) is 28.0 Å². The number of para-hydroxylation sites is 1. The zero-order chi connectivity index (χ0) is 19.9. The molecule has 7 nitrogen and oxygen atoms in total. The van der Waals surface area contributed by atoms with Crippen molar-refractivity contribution < 1.29 is 23.8 Å². The molecule has 28 heavy (non-hydrogen) atoms. The maximum absolute atomic E-state index is 12.3. The van der Waals surface area contributed by atoms with E-state index >= 15 is 0 Å². The summed E-state index contributed by atoms with van der Waals surface area (Å²) < 4.78 is 16.0.